The van der Waals surface area contributed by atoms with Crippen molar-refractivity contribution < 1.29 is 23.8 Å². The fraction of sp³-hybridized carbons (Fsp3) is 0.304. The van der Waals surface area contributed by atoms with Crippen LogP contribution in [-0.2, 0) is 11.3 Å². The first-order valence-corrected chi connectivity index (χ1v) is 9.85. The molecule has 7 heteroatoms. The van der Waals surface area contributed by atoms with Crippen LogP contribution in [0.3, 0.4) is 0 Å². The third kappa shape index (κ3) is 4.86. The van der Waals surface area contributed by atoms with Crippen LogP contribution in [0, 0.1) is 12.7 Å². The second-order valence-electron chi connectivity index (χ2n) is 7.19. The summed E-state index contributed by atoms with van der Waals surface area (Å²) in [5.74, 6) is -0.769. The molecule has 0 fully saturated rings. The van der Waals surface area contributed by atoms with Gasteiger partial charge in [-0.05, 0) is 56.1 Å². The number of rotatable bonds is 9. The molecule has 0 radical (unpaired) electrons. The molecule has 0 unspecified atom stereocenters. The summed E-state index contributed by atoms with van der Waals surface area (Å²) in [5.41, 5.74) is 1.50. The number of aliphatic carboxylic acids is 1. The van der Waals surface area contributed by atoms with Crippen molar-refractivity contribution in [2.75, 3.05) is 6.54 Å². The zero-order valence-corrected chi connectivity index (χ0v) is 16.7. The first-order chi connectivity index (χ1) is 14.4. The molecule has 0 aliphatic carbocycles. The summed E-state index contributed by atoms with van der Waals surface area (Å²) in [6, 6.07) is 8.65. The molecular weight excluding hydrogens is 389 g/mol. The van der Waals surface area contributed by atoms with Gasteiger partial charge >= 0.3 is 5.97 Å². The van der Waals surface area contributed by atoms with Crippen LogP contribution in [0.15, 0.2) is 45.6 Å². The van der Waals surface area contributed by atoms with Crippen molar-refractivity contribution in [2.24, 2.45) is 0 Å². The second kappa shape index (κ2) is 9.54. The largest absolute Gasteiger partial charge is 0.507 e. The van der Waals surface area contributed by atoms with Gasteiger partial charge in [-0.25, -0.2) is 4.39 Å². The number of aromatic hydroxyl groups is 1. The van der Waals surface area contributed by atoms with E-state index in [1.165, 1.54) is 36.4 Å². The molecule has 1 aromatic heterocycles. The summed E-state index contributed by atoms with van der Waals surface area (Å²) in [4.78, 5) is 23.6. The molecule has 3 aromatic rings. The van der Waals surface area contributed by atoms with Gasteiger partial charge in [-0.1, -0.05) is 18.6 Å². The van der Waals surface area contributed by atoms with E-state index in [1.807, 2.05) is 0 Å². The second-order valence-corrected chi connectivity index (χ2v) is 7.19. The molecule has 0 spiro atoms. The number of carboxylic acids is 1. The van der Waals surface area contributed by atoms with Crippen LogP contribution < -0.4 is 10.7 Å². The van der Waals surface area contributed by atoms with E-state index in [0.717, 1.165) is 12.8 Å². The van der Waals surface area contributed by atoms with Crippen LogP contribution in [0.2, 0.25) is 0 Å². The Balaban J connectivity index is 1.82. The van der Waals surface area contributed by atoms with Gasteiger partial charge in [0.1, 0.15) is 22.9 Å². The molecule has 0 atom stereocenters. The maximum Gasteiger partial charge on any atom is 0.303 e. The number of halogens is 1. The molecule has 2 aromatic carbocycles. The average molecular weight is 413 g/mol. The van der Waals surface area contributed by atoms with Crippen molar-refractivity contribution in [1.29, 1.82) is 0 Å². The number of carboxylic acid groups (broad SMARTS) is 1. The van der Waals surface area contributed by atoms with Gasteiger partial charge in [0, 0.05) is 13.0 Å². The predicted molar refractivity (Wildman–Crippen MR) is 112 cm³/mol. The summed E-state index contributed by atoms with van der Waals surface area (Å²) in [7, 11) is 0. The first-order valence-electron chi connectivity index (χ1n) is 9.85. The van der Waals surface area contributed by atoms with Crippen molar-refractivity contribution >= 4 is 16.9 Å². The van der Waals surface area contributed by atoms with Gasteiger partial charge < -0.3 is 19.9 Å². The van der Waals surface area contributed by atoms with Crippen molar-refractivity contribution in [2.45, 2.75) is 39.2 Å². The maximum atomic E-state index is 13.2. The molecule has 158 valence electrons. The Morgan fingerprint density at radius 3 is 2.53 bits per heavy atom. The SMILES string of the molecule is Cc1oc2c(CNCCCCCC(=O)O)c(O)ccc2c(=O)c1-c1ccc(F)cc1. The van der Waals surface area contributed by atoms with Crippen molar-refractivity contribution in [3.05, 3.63) is 63.8 Å². The molecular formula is C23H24FNO5. The number of phenolic OH excluding ortho intramolecular Hbond substituents is 1. The van der Waals surface area contributed by atoms with E-state index < -0.39 is 5.97 Å². The zero-order chi connectivity index (χ0) is 21.7. The Hall–Kier alpha value is -3.19. The van der Waals surface area contributed by atoms with Gasteiger partial charge in [0.05, 0.1) is 16.5 Å². The van der Waals surface area contributed by atoms with Gasteiger partial charge in [-0.15, -0.1) is 0 Å². The van der Waals surface area contributed by atoms with Crippen molar-refractivity contribution in [3.8, 4) is 16.9 Å². The number of unbranched alkanes of at least 4 members (excludes halogenated alkanes) is 2. The lowest BCUT2D eigenvalue weighted by Gasteiger charge is -2.12. The molecule has 3 rings (SSSR count). The van der Waals surface area contributed by atoms with Crippen LogP contribution in [-0.4, -0.2) is 22.7 Å². The molecule has 1 heterocycles. The zero-order valence-electron chi connectivity index (χ0n) is 16.7. The summed E-state index contributed by atoms with van der Waals surface area (Å²) < 4.78 is 19.2. The summed E-state index contributed by atoms with van der Waals surface area (Å²) in [5, 5.41) is 22.5. The lowest BCUT2D eigenvalue weighted by atomic mass is 10.0. The number of benzene rings is 2. The van der Waals surface area contributed by atoms with Crippen LogP contribution in [0.1, 0.15) is 37.0 Å². The Labute approximate surface area is 173 Å². The Morgan fingerprint density at radius 2 is 1.83 bits per heavy atom. The van der Waals surface area contributed by atoms with E-state index in [0.29, 0.717) is 52.9 Å². The highest BCUT2D eigenvalue weighted by molar-refractivity contribution is 5.86. The fourth-order valence-corrected chi connectivity index (χ4v) is 3.45. The quantitative estimate of drug-likeness (QED) is 0.451. The lowest BCUT2D eigenvalue weighted by molar-refractivity contribution is -0.137. The van der Waals surface area contributed by atoms with E-state index in [4.69, 9.17) is 9.52 Å². The van der Waals surface area contributed by atoms with Gasteiger partial charge in [0.15, 0.2) is 0 Å². The Bertz CT molecular complexity index is 1110. The number of nitrogens with one attached hydrogen (secondary N) is 1. The fourth-order valence-electron chi connectivity index (χ4n) is 3.45. The average Bonchev–Trinajstić information content (AvgIpc) is 2.70. The van der Waals surface area contributed by atoms with Gasteiger partial charge in [-0.3, -0.25) is 9.59 Å². The van der Waals surface area contributed by atoms with Crippen molar-refractivity contribution in [3.63, 3.8) is 0 Å². The molecule has 30 heavy (non-hydrogen) atoms. The molecule has 0 amide bonds. The van der Waals surface area contributed by atoms with E-state index >= 15 is 0 Å². The molecule has 0 aliphatic heterocycles. The van der Waals surface area contributed by atoms with Crippen LogP contribution >= 0.6 is 0 Å². The standard InChI is InChI=1S/C23H24FNO5/c1-14-21(15-6-8-16(24)9-7-15)22(29)17-10-11-19(26)18(23(17)30-14)13-25-12-4-2-3-5-20(27)28/h6-11,25-26H,2-5,12-13H2,1H3,(H,27,28). The molecule has 6 nitrogen and oxygen atoms in total. The predicted octanol–water partition coefficient (Wildman–Crippen LogP) is 4.35. The highest BCUT2D eigenvalue weighted by Crippen LogP contribution is 2.30. The first kappa shape index (κ1) is 21.5. The Morgan fingerprint density at radius 1 is 1.10 bits per heavy atom. The number of fused-ring (bicyclic) bond motifs is 1. The van der Waals surface area contributed by atoms with Crippen LogP contribution in [0.4, 0.5) is 4.39 Å². The van der Waals surface area contributed by atoms with E-state index in [9.17, 15) is 19.1 Å². The van der Waals surface area contributed by atoms with Gasteiger partial charge in [0.2, 0.25) is 5.43 Å². The highest BCUT2D eigenvalue weighted by atomic mass is 19.1. The van der Waals surface area contributed by atoms with E-state index in [-0.39, 0.29) is 23.4 Å². The number of hydrogen-bond donors (Lipinski definition) is 3. The Kier molecular flexibility index (Phi) is 6.84. The molecule has 3 N–H and O–H groups in total. The van der Waals surface area contributed by atoms with E-state index in [1.54, 1.807) is 6.92 Å². The highest BCUT2D eigenvalue weighted by Gasteiger charge is 2.17. The third-order valence-electron chi connectivity index (χ3n) is 4.99. The molecule has 0 saturated carbocycles. The minimum atomic E-state index is -0.797. The third-order valence-corrected chi connectivity index (χ3v) is 4.99. The lowest BCUT2D eigenvalue weighted by Crippen LogP contribution is -2.16. The summed E-state index contributed by atoms with van der Waals surface area (Å²) in [6.07, 6.45) is 2.37. The van der Waals surface area contributed by atoms with Crippen molar-refractivity contribution in [1.82, 2.24) is 5.32 Å². The normalized spacial score (nSPS) is 11.1. The van der Waals surface area contributed by atoms with Gasteiger partial charge in [0.25, 0.3) is 0 Å². The summed E-state index contributed by atoms with van der Waals surface area (Å²) >= 11 is 0. The van der Waals surface area contributed by atoms with Crippen LogP contribution in [0.25, 0.3) is 22.1 Å². The maximum absolute atomic E-state index is 13.2. The minimum Gasteiger partial charge on any atom is -0.507 e. The minimum absolute atomic E-state index is 0.0259. The van der Waals surface area contributed by atoms with Crippen LogP contribution in [0.5, 0.6) is 5.75 Å². The molecule has 0 bridgehead atoms. The smallest absolute Gasteiger partial charge is 0.303 e. The molecule has 0 saturated heterocycles. The molecule has 0 aliphatic rings. The van der Waals surface area contributed by atoms with Gasteiger partial charge in [-0.2, -0.15) is 0 Å². The number of carbonyl (C=O) groups is 1. The monoisotopic (exact) mass is 413 g/mol. The number of hydrogen-bond acceptors (Lipinski definition) is 5. The topological polar surface area (TPSA) is 99.8 Å². The van der Waals surface area contributed by atoms with E-state index in [2.05, 4.69) is 5.32 Å². The summed E-state index contributed by atoms with van der Waals surface area (Å²) in [6.45, 7) is 2.62. The number of phenols is 1. The number of aryl methyl sites for hydroxylation is 1.